The molecule has 1 unspecified atom stereocenters. The van der Waals surface area contributed by atoms with E-state index in [1.807, 2.05) is 6.92 Å². The summed E-state index contributed by atoms with van der Waals surface area (Å²) >= 11 is -0.714. The molecule has 0 saturated carbocycles. The minimum Gasteiger partial charge on any atom is -1.00 e. The number of benzene rings is 1. The van der Waals surface area contributed by atoms with Crippen LogP contribution >= 0.6 is 0 Å². The summed E-state index contributed by atoms with van der Waals surface area (Å²) in [6.45, 7) is 6.23. The Morgan fingerprint density at radius 2 is 1.76 bits per heavy atom. The normalized spacial score (nSPS) is 11.1. The van der Waals surface area contributed by atoms with Gasteiger partial charge in [0.05, 0.1) is 0 Å². The zero-order valence-electron chi connectivity index (χ0n) is 10.4. The van der Waals surface area contributed by atoms with Crippen LogP contribution in [0.3, 0.4) is 0 Å². The summed E-state index contributed by atoms with van der Waals surface area (Å²) in [6, 6.07) is 8.55. The van der Waals surface area contributed by atoms with Crippen molar-refractivity contribution in [1.82, 2.24) is 0 Å². The fourth-order valence-corrected chi connectivity index (χ4v) is 3.98. The van der Waals surface area contributed by atoms with E-state index in [1.165, 1.54) is 11.1 Å². The Balaban J connectivity index is 0. The van der Waals surface area contributed by atoms with Gasteiger partial charge >= 0.3 is 103 Å². The van der Waals surface area contributed by atoms with Crippen molar-refractivity contribution in [2.75, 3.05) is 0 Å². The predicted octanol–water partition coefficient (Wildman–Crippen LogP) is -3.74. The second kappa shape index (κ2) is 10.8. The molecule has 0 aliphatic heterocycles. The number of halogens is 2. The number of hydrogen-bond donors (Lipinski definition) is 1. The van der Waals surface area contributed by atoms with Crippen LogP contribution in [0, 0.1) is 0 Å². The number of nitrogens with two attached hydrogens (primary N) is 1. The number of hydrogen-bond acceptors (Lipinski definition) is 2. The molecule has 0 saturated heterocycles. The molecular weight excluding hydrogens is 453 g/mol. The van der Waals surface area contributed by atoms with Crippen LogP contribution in [-0.2, 0) is 7.51 Å². The molecule has 2 N–H and O–H groups in total. The van der Waals surface area contributed by atoms with Crippen LogP contribution in [0.1, 0.15) is 37.9 Å². The molecule has 0 fully saturated rings. The SMILES string of the molecule is CC(C)[O][Sn+2][CH2]c1ccccc1C(C)N.[Br-].[Br-]. The summed E-state index contributed by atoms with van der Waals surface area (Å²) in [5.74, 6) is 0. The van der Waals surface area contributed by atoms with Crippen LogP contribution in [0.4, 0.5) is 0 Å². The molecule has 1 atom stereocenters. The second-order valence-electron chi connectivity index (χ2n) is 3.98. The van der Waals surface area contributed by atoms with Gasteiger partial charge in [0.25, 0.3) is 0 Å². The summed E-state index contributed by atoms with van der Waals surface area (Å²) in [5, 5.41) is 0. The van der Waals surface area contributed by atoms with E-state index in [2.05, 4.69) is 38.1 Å². The van der Waals surface area contributed by atoms with Gasteiger partial charge in [-0.25, -0.2) is 0 Å². The maximum Gasteiger partial charge on any atom is -1.00 e. The summed E-state index contributed by atoms with van der Waals surface area (Å²) < 4.78 is 6.82. The van der Waals surface area contributed by atoms with E-state index < -0.39 is 21.6 Å². The van der Waals surface area contributed by atoms with Crippen molar-refractivity contribution in [3.05, 3.63) is 35.4 Å². The smallest absolute Gasteiger partial charge is 1.00 e. The molecule has 1 aromatic rings. The third-order valence-corrected chi connectivity index (χ3v) is 5.45. The monoisotopic (exact) mass is 471 g/mol. The maximum atomic E-state index is 5.92. The summed E-state index contributed by atoms with van der Waals surface area (Å²) in [4.78, 5) is 0. The van der Waals surface area contributed by atoms with Crippen molar-refractivity contribution in [3.8, 4) is 0 Å². The Bertz CT molecular complexity index is 308. The van der Waals surface area contributed by atoms with Crippen LogP contribution in [0.2, 0.25) is 0 Å². The van der Waals surface area contributed by atoms with Crippen molar-refractivity contribution in [2.24, 2.45) is 5.73 Å². The molecule has 1 aromatic carbocycles. The third kappa shape index (κ3) is 7.82. The van der Waals surface area contributed by atoms with Gasteiger partial charge in [0.2, 0.25) is 0 Å². The number of rotatable bonds is 5. The van der Waals surface area contributed by atoms with Gasteiger partial charge < -0.3 is 34.0 Å². The molecule has 0 aliphatic carbocycles. The van der Waals surface area contributed by atoms with Crippen LogP contribution in [0.15, 0.2) is 24.3 Å². The summed E-state index contributed by atoms with van der Waals surface area (Å²) in [7, 11) is 0. The van der Waals surface area contributed by atoms with Crippen molar-refractivity contribution in [2.45, 2.75) is 37.4 Å². The first-order valence-electron chi connectivity index (χ1n) is 5.33. The first kappa shape index (κ1) is 20.2. The molecule has 17 heavy (non-hydrogen) atoms. The minimum atomic E-state index is -0.714. The third-order valence-electron chi connectivity index (χ3n) is 2.13. The molecule has 0 bridgehead atoms. The zero-order valence-corrected chi connectivity index (χ0v) is 16.4. The van der Waals surface area contributed by atoms with Crippen LogP contribution in [0.5, 0.6) is 0 Å². The van der Waals surface area contributed by atoms with Gasteiger partial charge in [0, 0.05) is 0 Å². The standard InChI is InChI=1S/C9H12N.C3H7O.2BrH.Sn/c1-7-5-3-4-6-9(7)8(2)10;1-3(2)4;;;/h3-6,8H,1,10H2,2H3;3H,1-2H3;2*1H;/q;-1;;;+3/p-2. The fraction of sp³-hybridized carbons (Fsp3) is 0.500. The Morgan fingerprint density at radius 3 is 2.29 bits per heavy atom. The van der Waals surface area contributed by atoms with Gasteiger partial charge in [-0.1, -0.05) is 0 Å². The molecule has 0 aromatic heterocycles. The molecule has 1 rings (SSSR count). The average molecular weight is 472 g/mol. The maximum absolute atomic E-state index is 5.92. The molecule has 2 nitrogen and oxygen atoms in total. The van der Waals surface area contributed by atoms with E-state index in [9.17, 15) is 0 Å². The summed E-state index contributed by atoms with van der Waals surface area (Å²) in [6.07, 6.45) is 0.374. The Hall–Kier alpha value is 0.899. The van der Waals surface area contributed by atoms with E-state index >= 15 is 0 Å². The molecule has 0 heterocycles. The molecular formula is C12H19Br2NOSn. The molecule has 0 amide bonds. The van der Waals surface area contributed by atoms with Crippen molar-refractivity contribution >= 4 is 21.6 Å². The van der Waals surface area contributed by atoms with Gasteiger partial charge in [-0.05, 0) is 0 Å². The topological polar surface area (TPSA) is 35.2 Å². The molecule has 0 spiro atoms. The first-order chi connectivity index (χ1) is 7.11. The van der Waals surface area contributed by atoms with E-state index in [-0.39, 0.29) is 40.0 Å². The van der Waals surface area contributed by atoms with E-state index in [0.717, 1.165) is 4.44 Å². The fourth-order valence-electron chi connectivity index (χ4n) is 1.43. The summed E-state index contributed by atoms with van der Waals surface area (Å²) in [5.41, 5.74) is 8.57. The van der Waals surface area contributed by atoms with Crippen molar-refractivity contribution < 1.29 is 37.0 Å². The van der Waals surface area contributed by atoms with E-state index in [0.29, 0.717) is 6.10 Å². The average Bonchev–Trinajstić information content (AvgIpc) is 2.17. The Morgan fingerprint density at radius 1 is 1.18 bits per heavy atom. The van der Waals surface area contributed by atoms with Crippen molar-refractivity contribution in [1.29, 1.82) is 0 Å². The Kier molecular flexibility index (Phi) is 12.8. The van der Waals surface area contributed by atoms with Crippen molar-refractivity contribution in [3.63, 3.8) is 0 Å². The predicted molar refractivity (Wildman–Crippen MR) is 64.7 cm³/mol. The van der Waals surface area contributed by atoms with Gasteiger partial charge in [0.15, 0.2) is 0 Å². The van der Waals surface area contributed by atoms with Gasteiger partial charge in [-0.15, -0.1) is 0 Å². The van der Waals surface area contributed by atoms with Crippen LogP contribution < -0.4 is 39.7 Å². The molecule has 5 heteroatoms. The second-order valence-corrected chi connectivity index (χ2v) is 6.48. The van der Waals surface area contributed by atoms with Crippen LogP contribution in [0.25, 0.3) is 0 Å². The largest absolute Gasteiger partial charge is 1.00 e. The van der Waals surface area contributed by atoms with Gasteiger partial charge in [-0.2, -0.15) is 0 Å². The quantitative estimate of drug-likeness (QED) is 0.448. The van der Waals surface area contributed by atoms with Gasteiger partial charge in [0.1, 0.15) is 0 Å². The molecule has 0 aliphatic rings. The first-order valence-corrected chi connectivity index (χ1v) is 8.51. The minimum absolute atomic E-state index is 0. The van der Waals surface area contributed by atoms with E-state index in [4.69, 9.17) is 8.81 Å². The zero-order chi connectivity index (χ0) is 11.3. The molecule has 0 radical (unpaired) electrons. The molecule has 96 valence electrons. The Labute approximate surface area is 136 Å². The van der Waals surface area contributed by atoms with Crippen LogP contribution in [-0.4, -0.2) is 27.7 Å². The van der Waals surface area contributed by atoms with E-state index in [1.54, 1.807) is 0 Å². The van der Waals surface area contributed by atoms with Gasteiger partial charge in [-0.3, -0.25) is 0 Å².